The summed E-state index contributed by atoms with van der Waals surface area (Å²) in [6.45, 7) is 1.60. The molecular formula is C14H21N3O2S. The van der Waals surface area contributed by atoms with Crippen LogP contribution in [0.15, 0.2) is 17.6 Å². The summed E-state index contributed by atoms with van der Waals surface area (Å²) in [7, 11) is 0. The largest absolute Gasteiger partial charge is 0.378 e. The molecule has 1 unspecified atom stereocenters. The number of nitrogens with one attached hydrogen (secondary N) is 1. The van der Waals surface area contributed by atoms with E-state index in [4.69, 9.17) is 4.74 Å². The lowest BCUT2D eigenvalue weighted by atomic mass is 10.1. The lowest BCUT2D eigenvalue weighted by Gasteiger charge is -2.09. The van der Waals surface area contributed by atoms with E-state index in [-0.39, 0.29) is 5.91 Å². The molecule has 1 aliphatic heterocycles. The maximum atomic E-state index is 11.8. The standard InChI is InChI=1S/C14H21N3O2S/c1-20-14-16-9-11(10-17-14)13(18)15-7-3-2-5-12-6-4-8-19-12/h9-10,12H,2-8H2,1H3,(H,15,18). The van der Waals surface area contributed by atoms with Crippen LogP contribution in [0.5, 0.6) is 0 Å². The first-order valence-corrected chi connectivity index (χ1v) is 8.28. The van der Waals surface area contributed by atoms with Crippen LogP contribution in [-0.4, -0.2) is 41.4 Å². The third kappa shape index (κ3) is 4.76. The highest BCUT2D eigenvalue weighted by atomic mass is 32.2. The first-order valence-electron chi connectivity index (χ1n) is 7.05. The fourth-order valence-corrected chi connectivity index (χ4v) is 2.53. The van der Waals surface area contributed by atoms with Gasteiger partial charge in [-0.1, -0.05) is 11.8 Å². The van der Waals surface area contributed by atoms with Gasteiger partial charge in [-0.05, 0) is 38.4 Å². The number of aromatic nitrogens is 2. The smallest absolute Gasteiger partial charge is 0.254 e. The molecule has 5 nitrogen and oxygen atoms in total. The van der Waals surface area contributed by atoms with Crippen LogP contribution in [0.25, 0.3) is 0 Å². The highest BCUT2D eigenvalue weighted by molar-refractivity contribution is 7.98. The van der Waals surface area contributed by atoms with Crippen LogP contribution in [0, 0.1) is 0 Å². The molecule has 0 radical (unpaired) electrons. The van der Waals surface area contributed by atoms with Gasteiger partial charge in [-0.15, -0.1) is 0 Å². The second kappa shape index (κ2) is 8.21. The molecule has 0 aromatic carbocycles. The van der Waals surface area contributed by atoms with Gasteiger partial charge in [0.1, 0.15) is 0 Å². The number of carbonyl (C=O) groups excluding carboxylic acids is 1. The molecule has 1 N–H and O–H groups in total. The molecule has 1 saturated heterocycles. The highest BCUT2D eigenvalue weighted by Crippen LogP contribution is 2.17. The Morgan fingerprint density at radius 2 is 2.25 bits per heavy atom. The SMILES string of the molecule is CSc1ncc(C(=O)NCCCCC2CCCO2)cn1. The summed E-state index contributed by atoms with van der Waals surface area (Å²) in [5.41, 5.74) is 0.516. The van der Waals surface area contributed by atoms with E-state index < -0.39 is 0 Å². The van der Waals surface area contributed by atoms with Crippen LogP contribution in [0.3, 0.4) is 0 Å². The van der Waals surface area contributed by atoms with Crippen LogP contribution in [-0.2, 0) is 4.74 Å². The van der Waals surface area contributed by atoms with Gasteiger partial charge in [-0.3, -0.25) is 4.79 Å². The molecule has 1 atom stereocenters. The fourth-order valence-electron chi connectivity index (χ4n) is 2.21. The number of thioether (sulfide) groups is 1. The Labute approximate surface area is 123 Å². The van der Waals surface area contributed by atoms with Gasteiger partial charge >= 0.3 is 0 Å². The molecule has 6 heteroatoms. The summed E-state index contributed by atoms with van der Waals surface area (Å²) in [6.07, 6.45) is 11.0. The van der Waals surface area contributed by atoms with Gasteiger partial charge in [0, 0.05) is 25.5 Å². The summed E-state index contributed by atoms with van der Waals surface area (Å²) < 4.78 is 5.57. The predicted octanol–water partition coefficient (Wildman–Crippen LogP) is 2.28. The Bertz CT molecular complexity index is 419. The van der Waals surface area contributed by atoms with E-state index in [2.05, 4.69) is 15.3 Å². The van der Waals surface area contributed by atoms with Crippen molar-refractivity contribution in [3.8, 4) is 0 Å². The fraction of sp³-hybridized carbons (Fsp3) is 0.643. The van der Waals surface area contributed by atoms with Crippen molar-refractivity contribution in [3.63, 3.8) is 0 Å². The highest BCUT2D eigenvalue weighted by Gasteiger charge is 2.14. The molecular weight excluding hydrogens is 274 g/mol. The molecule has 0 spiro atoms. The average Bonchev–Trinajstić information content (AvgIpc) is 3.00. The maximum Gasteiger partial charge on any atom is 0.254 e. The topological polar surface area (TPSA) is 64.1 Å². The molecule has 2 rings (SSSR count). The summed E-state index contributed by atoms with van der Waals surface area (Å²) in [5, 5.41) is 3.57. The van der Waals surface area contributed by atoms with E-state index in [0.29, 0.717) is 23.4 Å². The van der Waals surface area contributed by atoms with Gasteiger partial charge in [-0.2, -0.15) is 0 Å². The molecule has 1 aromatic rings. The zero-order valence-electron chi connectivity index (χ0n) is 11.8. The Morgan fingerprint density at radius 3 is 2.90 bits per heavy atom. The summed E-state index contributed by atoms with van der Waals surface area (Å²) >= 11 is 1.46. The monoisotopic (exact) mass is 295 g/mol. The number of ether oxygens (including phenoxy) is 1. The van der Waals surface area contributed by atoms with Crippen LogP contribution in [0.2, 0.25) is 0 Å². The average molecular weight is 295 g/mol. The van der Waals surface area contributed by atoms with E-state index in [1.807, 2.05) is 6.26 Å². The predicted molar refractivity (Wildman–Crippen MR) is 79.0 cm³/mol. The second-order valence-electron chi connectivity index (χ2n) is 4.85. The number of carbonyl (C=O) groups is 1. The molecule has 1 amide bonds. The number of unbranched alkanes of at least 4 members (excludes halogenated alkanes) is 1. The first kappa shape index (κ1) is 15.3. The molecule has 1 fully saturated rings. The third-order valence-electron chi connectivity index (χ3n) is 3.34. The summed E-state index contributed by atoms with van der Waals surface area (Å²) in [4.78, 5) is 20.0. The molecule has 110 valence electrons. The van der Waals surface area contributed by atoms with Crippen molar-refractivity contribution in [1.82, 2.24) is 15.3 Å². The van der Waals surface area contributed by atoms with Crippen molar-refractivity contribution < 1.29 is 9.53 Å². The maximum absolute atomic E-state index is 11.8. The van der Waals surface area contributed by atoms with E-state index in [9.17, 15) is 4.79 Å². The van der Waals surface area contributed by atoms with Gasteiger partial charge in [-0.25, -0.2) is 9.97 Å². The second-order valence-corrected chi connectivity index (χ2v) is 5.62. The molecule has 1 aromatic heterocycles. The van der Waals surface area contributed by atoms with Gasteiger partial charge < -0.3 is 10.1 Å². The number of nitrogens with zero attached hydrogens (tertiary/aromatic N) is 2. The van der Waals surface area contributed by atoms with Crippen molar-refractivity contribution in [1.29, 1.82) is 0 Å². The van der Waals surface area contributed by atoms with Crippen LogP contribution >= 0.6 is 11.8 Å². The van der Waals surface area contributed by atoms with Crippen LogP contribution in [0.4, 0.5) is 0 Å². The quantitative estimate of drug-likeness (QED) is 0.475. The molecule has 2 heterocycles. The zero-order valence-corrected chi connectivity index (χ0v) is 12.6. The minimum Gasteiger partial charge on any atom is -0.378 e. The number of hydrogen-bond donors (Lipinski definition) is 1. The molecule has 1 aliphatic rings. The number of amides is 1. The van der Waals surface area contributed by atoms with E-state index in [1.54, 1.807) is 12.4 Å². The zero-order chi connectivity index (χ0) is 14.2. The lowest BCUT2D eigenvalue weighted by Crippen LogP contribution is -2.25. The van der Waals surface area contributed by atoms with E-state index in [1.165, 1.54) is 24.6 Å². The van der Waals surface area contributed by atoms with Gasteiger partial charge in [0.15, 0.2) is 5.16 Å². The number of hydrogen-bond acceptors (Lipinski definition) is 5. The lowest BCUT2D eigenvalue weighted by molar-refractivity contribution is 0.0946. The Balaban J connectivity index is 1.61. The van der Waals surface area contributed by atoms with E-state index in [0.717, 1.165) is 25.9 Å². The summed E-state index contributed by atoms with van der Waals surface area (Å²) in [5.74, 6) is -0.102. The van der Waals surface area contributed by atoms with Crippen molar-refractivity contribution in [2.24, 2.45) is 0 Å². The van der Waals surface area contributed by atoms with Crippen molar-refractivity contribution >= 4 is 17.7 Å². The molecule has 0 bridgehead atoms. The van der Waals surface area contributed by atoms with Gasteiger partial charge in [0.25, 0.3) is 5.91 Å². The minimum absolute atomic E-state index is 0.102. The van der Waals surface area contributed by atoms with Crippen molar-refractivity contribution in [3.05, 3.63) is 18.0 Å². The molecule has 0 saturated carbocycles. The minimum atomic E-state index is -0.102. The van der Waals surface area contributed by atoms with Crippen LogP contribution in [0.1, 0.15) is 42.5 Å². The van der Waals surface area contributed by atoms with E-state index >= 15 is 0 Å². The summed E-state index contributed by atoms with van der Waals surface area (Å²) in [6, 6.07) is 0. The Hall–Kier alpha value is -1.14. The molecule has 0 aliphatic carbocycles. The first-order chi connectivity index (χ1) is 9.79. The van der Waals surface area contributed by atoms with Crippen molar-refractivity contribution in [2.45, 2.75) is 43.4 Å². The van der Waals surface area contributed by atoms with Crippen LogP contribution < -0.4 is 5.32 Å². The third-order valence-corrected chi connectivity index (χ3v) is 3.91. The van der Waals surface area contributed by atoms with Gasteiger partial charge in [0.05, 0.1) is 11.7 Å². The molecule has 20 heavy (non-hydrogen) atoms. The Kier molecular flexibility index (Phi) is 6.26. The Morgan fingerprint density at radius 1 is 1.45 bits per heavy atom. The normalized spacial score (nSPS) is 18.1. The van der Waals surface area contributed by atoms with Crippen molar-refractivity contribution in [2.75, 3.05) is 19.4 Å². The van der Waals surface area contributed by atoms with Gasteiger partial charge in [0.2, 0.25) is 0 Å². The number of rotatable bonds is 7.